The van der Waals surface area contributed by atoms with Crippen molar-refractivity contribution in [2.45, 2.75) is 38.5 Å². The molecule has 0 saturated heterocycles. The first-order chi connectivity index (χ1) is 15.2. The van der Waals surface area contributed by atoms with Crippen LogP contribution in [0.2, 0.25) is 0 Å². The van der Waals surface area contributed by atoms with E-state index in [1.807, 2.05) is 0 Å². The molecule has 0 unspecified atom stereocenters. The summed E-state index contributed by atoms with van der Waals surface area (Å²) < 4.78 is 5.73. The van der Waals surface area contributed by atoms with Crippen LogP contribution < -0.4 is 0 Å². The molecule has 7 saturated carbocycles. The van der Waals surface area contributed by atoms with E-state index in [4.69, 9.17) is 4.74 Å². The van der Waals surface area contributed by atoms with Crippen LogP contribution in [-0.2, 0) is 20.7 Å². The molecule has 7 fully saturated rings. The first-order valence-corrected chi connectivity index (χ1v) is 12.8. The molecule has 31 heavy (non-hydrogen) atoms. The molecule has 0 spiro atoms. The van der Waals surface area contributed by atoms with Gasteiger partial charge in [0, 0.05) is 11.8 Å². The summed E-state index contributed by atoms with van der Waals surface area (Å²) in [4.78, 5) is 27.6. The van der Waals surface area contributed by atoms with Crippen molar-refractivity contribution in [3.05, 3.63) is 35.9 Å². The van der Waals surface area contributed by atoms with Crippen molar-refractivity contribution in [3.8, 4) is 0 Å². The van der Waals surface area contributed by atoms with Crippen LogP contribution in [0.3, 0.4) is 0 Å². The van der Waals surface area contributed by atoms with Gasteiger partial charge in [-0.25, -0.2) is 0 Å². The van der Waals surface area contributed by atoms with Crippen molar-refractivity contribution in [2.24, 2.45) is 76.4 Å². The third-order valence-electron chi connectivity index (χ3n) is 12.0. The second-order valence-corrected chi connectivity index (χ2v) is 12.2. The Balaban J connectivity index is 1.37. The molecule has 3 nitrogen and oxygen atoms in total. The lowest BCUT2D eigenvalue weighted by atomic mass is 9.60. The van der Waals surface area contributed by atoms with Gasteiger partial charge in [-0.1, -0.05) is 36.8 Å². The monoisotopic (exact) mass is 416 g/mol. The lowest BCUT2D eigenvalue weighted by Crippen LogP contribution is -2.48. The van der Waals surface area contributed by atoms with Crippen molar-refractivity contribution in [1.29, 1.82) is 0 Å². The average molecular weight is 417 g/mol. The number of rotatable bonds is 3. The summed E-state index contributed by atoms with van der Waals surface area (Å²) in [7, 11) is 1.63. The molecule has 0 heterocycles. The van der Waals surface area contributed by atoms with E-state index in [1.165, 1.54) is 24.8 Å². The number of Topliss-reactive ketones (excluding diaryl/α,β-unsaturated/α-hetero) is 1. The Hall–Kier alpha value is -1.64. The Morgan fingerprint density at radius 1 is 0.903 bits per heavy atom. The van der Waals surface area contributed by atoms with E-state index in [1.54, 1.807) is 7.11 Å². The van der Waals surface area contributed by atoms with Gasteiger partial charge in [-0.2, -0.15) is 0 Å². The fourth-order valence-electron chi connectivity index (χ4n) is 12.1. The van der Waals surface area contributed by atoms with Crippen LogP contribution >= 0.6 is 0 Å². The maximum atomic E-state index is 14.0. The van der Waals surface area contributed by atoms with Crippen molar-refractivity contribution >= 4 is 11.8 Å². The number of fused-ring (bicyclic) bond motifs is 5. The number of methoxy groups -OCH3 is 1. The number of hydrogen-bond acceptors (Lipinski definition) is 3. The van der Waals surface area contributed by atoms with Crippen LogP contribution in [0, 0.1) is 76.4 Å². The van der Waals surface area contributed by atoms with Gasteiger partial charge < -0.3 is 4.74 Å². The molecule has 0 radical (unpaired) electrons. The summed E-state index contributed by atoms with van der Waals surface area (Å²) in [5.74, 6) is 7.15. The van der Waals surface area contributed by atoms with E-state index < -0.39 is 0 Å². The fourth-order valence-corrected chi connectivity index (χ4v) is 12.1. The number of benzene rings is 1. The van der Waals surface area contributed by atoms with Crippen LogP contribution in [0.15, 0.2) is 30.3 Å². The van der Waals surface area contributed by atoms with Crippen LogP contribution in [0.25, 0.3) is 0 Å². The maximum Gasteiger partial charge on any atom is 0.312 e. The highest BCUT2D eigenvalue weighted by Gasteiger charge is 2.85. The number of esters is 1. The first-order valence-electron chi connectivity index (χ1n) is 12.8. The number of carbonyl (C=O) groups excluding carboxylic acids is 2. The normalized spacial score (nSPS) is 56.4. The smallest absolute Gasteiger partial charge is 0.312 e. The SMILES string of the molecule is COC(=O)[C@@]1(Cc2ccccc2)[C@@H]2[C@@H]3CCC[C@@H]3[C@@H]3[C@@H]4C(=O)[C@@H]5CC[C@@H]6[C@@H]5[C@@H]4[C@H]([C@@H]32)[C@H]61. The Labute approximate surface area is 184 Å². The van der Waals surface area contributed by atoms with E-state index in [0.29, 0.717) is 76.8 Å². The largest absolute Gasteiger partial charge is 0.469 e. The molecular weight excluding hydrogens is 384 g/mol. The molecule has 13 atom stereocenters. The lowest BCUT2D eigenvalue weighted by Gasteiger charge is -2.42. The van der Waals surface area contributed by atoms with E-state index in [-0.39, 0.29) is 11.4 Å². The minimum Gasteiger partial charge on any atom is -0.469 e. The second kappa shape index (κ2) is 5.64. The lowest BCUT2D eigenvalue weighted by molar-refractivity contribution is -0.162. The number of ether oxygens (including phenoxy) is 1. The predicted molar refractivity (Wildman–Crippen MR) is 115 cm³/mol. The van der Waals surface area contributed by atoms with Crippen LogP contribution in [0.4, 0.5) is 0 Å². The Bertz CT molecular complexity index is 977. The molecule has 1 aromatic carbocycles. The number of ketones is 1. The van der Waals surface area contributed by atoms with E-state index >= 15 is 0 Å². The highest BCUT2D eigenvalue weighted by Crippen LogP contribution is 2.85. The van der Waals surface area contributed by atoms with Gasteiger partial charge in [0.15, 0.2) is 0 Å². The van der Waals surface area contributed by atoms with Crippen molar-refractivity contribution in [2.75, 3.05) is 7.11 Å². The minimum atomic E-state index is -0.370. The molecule has 0 N–H and O–H groups in total. The molecule has 0 amide bonds. The van der Waals surface area contributed by atoms with E-state index in [2.05, 4.69) is 30.3 Å². The zero-order chi connectivity index (χ0) is 20.6. The van der Waals surface area contributed by atoms with Gasteiger partial charge in [0.25, 0.3) is 0 Å². The van der Waals surface area contributed by atoms with Gasteiger partial charge in [0.05, 0.1) is 12.5 Å². The Kier molecular flexibility index (Phi) is 3.25. The molecule has 0 bridgehead atoms. The third kappa shape index (κ3) is 1.74. The Morgan fingerprint density at radius 2 is 1.65 bits per heavy atom. The molecule has 8 rings (SSSR count). The fraction of sp³-hybridized carbons (Fsp3) is 0.714. The summed E-state index contributed by atoms with van der Waals surface area (Å²) in [5, 5.41) is 0. The van der Waals surface area contributed by atoms with Gasteiger partial charge in [0.1, 0.15) is 5.78 Å². The standard InChI is InChI=1S/C28H32O3/c1-31-27(30)28(12-13-6-3-2-4-7-13)24-15-9-5-8-14(15)19-21(24)22-20-18-16(25(22)28)10-11-17(18)26(29)23(19)20/h2-4,6-7,14-25H,5,8-12H2,1H3/t14-,15+,16+,17+,18-,19-,20+,21+,22+,23-,24+,25-,28-/m0/s1. The van der Waals surface area contributed by atoms with Crippen molar-refractivity contribution in [3.63, 3.8) is 0 Å². The molecule has 0 aromatic heterocycles. The van der Waals surface area contributed by atoms with Crippen molar-refractivity contribution < 1.29 is 14.3 Å². The third-order valence-corrected chi connectivity index (χ3v) is 12.0. The zero-order valence-electron chi connectivity index (χ0n) is 18.3. The van der Waals surface area contributed by atoms with Gasteiger partial charge >= 0.3 is 5.97 Å². The van der Waals surface area contributed by atoms with Crippen LogP contribution in [-0.4, -0.2) is 18.9 Å². The first kappa shape index (κ1) is 17.9. The summed E-state index contributed by atoms with van der Waals surface area (Å²) >= 11 is 0. The molecule has 7 aliphatic rings. The summed E-state index contributed by atoms with van der Waals surface area (Å²) in [5.41, 5.74) is 0.927. The maximum absolute atomic E-state index is 14.0. The molecule has 0 aliphatic heterocycles. The number of carbonyl (C=O) groups is 2. The molecule has 7 aliphatic carbocycles. The molecule has 3 heteroatoms. The quantitative estimate of drug-likeness (QED) is 0.686. The van der Waals surface area contributed by atoms with Crippen LogP contribution in [0.1, 0.15) is 37.7 Å². The van der Waals surface area contributed by atoms with Gasteiger partial charge in [0.2, 0.25) is 0 Å². The van der Waals surface area contributed by atoms with E-state index in [9.17, 15) is 9.59 Å². The van der Waals surface area contributed by atoms with Gasteiger partial charge in [-0.05, 0) is 96.8 Å². The summed E-state index contributed by atoms with van der Waals surface area (Å²) in [6.07, 6.45) is 6.93. The topological polar surface area (TPSA) is 43.4 Å². The van der Waals surface area contributed by atoms with Crippen molar-refractivity contribution in [1.82, 2.24) is 0 Å². The highest BCUT2D eigenvalue weighted by molar-refractivity contribution is 5.89. The van der Waals surface area contributed by atoms with Gasteiger partial charge in [-0.3, -0.25) is 9.59 Å². The predicted octanol–water partition coefficient (Wildman–Crippen LogP) is 4.40. The highest BCUT2D eigenvalue weighted by atomic mass is 16.5. The van der Waals surface area contributed by atoms with Gasteiger partial charge in [-0.15, -0.1) is 0 Å². The molecule has 162 valence electrons. The average Bonchev–Trinajstić information content (AvgIpc) is 3.57. The zero-order valence-corrected chi connectivity index (χ0v) is 18.3. The summed E-state index contributed by atoms with van der Waals surface area (Å²) in [6.45, 7) is 0. The summed E-state index contributed by atoms with van der Waals surface area (Å²) in [6, 6.07) is 10.8. The number of hydrogen-bond donors (Lipinski definition) is 0. The second-order valence-electron chi connectivity index (χ2n) is 12.2. The molecule has 1 aromatic rings. The van der Waals surface area contributed by atoms with Crippen LogP contribution in [0.5, 0.6) is 0 Å². The Morgan fingerprint density at radius 3 is 2.45 bits per heavy atom. The van der Waals surface area contributed by atoms with E-state index in [0.717, 1.165) is 19.3 Å². The minimum absolute atomic E-state index is 0.0818. The molecular formula is C28H32O3.